The first-order valence-electron chi connectivity index (χ1n) is 11.0. The monoisotopic (exact) mass is 589 g/mol. The third-order valence-electron chi connectivity index (χ3n) is 5.31. The predicted molar refractivity (Wildman–Crippen MR) is 150 cm³/mol. The average Bonchev–Trinajstić information content (AvgIpc) is 2.87. The van der Waals surface area contributed by atoms with Gasteiger partial charge in [-0.3, -0.25) is 14.2 Å². The number of sulfonamides is 2. The molecular formula is C26H21Cl2N3O5S2. The molecule has 0 unspecified atom stereocenters. The van der Waals surface area contributed by atoms with Crippen LogP contribution < -0.4 is 14.8 Å². The molecule has 0 bridgehead atoms. The fourth-order valence-corrected chi connectivity index (χ4v) is 5.78. The van der Waals surface area contributed by atoms with Crippen molar-refractivity contribution in [1.82, 2.24) is 0 Å². The number of rotatable bonds is 8. The van der Waals surface area contributed by atoms with E-state index in [0.717, 1.165) is 5.56 Å². The Hall–Kier alpha value is -3.57. The van der Waals surface area contributed by atoms with Gasteiger partial charge in [-0.05, 0) is 85.8 Å². The van der Waals surface area contributed by atoms with Crippen molar-refractivity contribution in [3.63, 3.8) is 0 Å². The van der Waals surface area contributed by atoms with Crippen LogP contribution in [0.5, 0.6) is 0 Å². The summed E-state index contributed by atoms with van der Waals surface area (Å²) in [5, 5.41) is 3.21. The molecule has 0 aromatic heterocycles. The van der Waals surface area contributed by atoms with Crippen molar-refractivity contribution in [3.8, 4) is 0 Å². The number of hydrogen-bond acceptors (Lipinski definition) is 5. The minimum atomic E-state index is -3.88. The number of anilines is 3. The van der Waals surface area contributed by atoms with E-state index in [0.29, 0.717) is 16.4 Å². The minimum Gasteiger partial charge on any atom is -0.322 e. The molecule has 4 aromatic rings. The molecule has 0 saturated heterocycles. The molecule has 0 heterocycles. The molecule has 1 amide bonds. The van der Waals surface area contributed by atoms with Gasteiger partial charge in [-0.25, -0.2) is 16.8 Å². The summed E-state index contributed by atoms with van der Waals surface area (Å²) >= 11 is 12.0. The summed E-state index contributed by atoms with van der Waals surface area (Å²) in [4.78, 5) is 13.0. The molecule has 8 nitrogen and oxygen atoms in total. The number of carbonyl (C=O) groups excluding carboxylic acids is 1. The minimum absolute atomic E-state index is 0.0176. The normalized spacial score (nSPS) is 11.6. The topological polar surface area (TPSA) is 121 Å². The van der Waals surface area contributed by atoms with Crippen LogP contribution in [0.15, 0.2) is 101 Å². The molecule has 0 spiro atoms. The van der Waals surface area contributed by atoms with Gasteiger partial charge in [0.2, 0.25) is 0 Å². The van der Waals surface area contributed by atoms with Crippen molar-refractivity contribution in [2.75, 3.05) is 14.8 Å². The third kappa shape index (κ3) is 6.65. The first kappa shape index (κ1) is 27.5. The van der Waals surface area contributed by atoms with Gasteiger partial charge < -0.3 is 5.32 Å². The fraction of sp³-hybridized carbons (Fsp3) is 0.0385. The van der Waals surface area contributed by atoms with Gasteiger partial charge in [-0.1, -0.05) is 40.9 Å². The zero-order chi connectivity index (χ0) is 27.5. The molecule has 0 saturated carbocycles. The van der Waals surface area contributed by atoms with Gasteiger partial charge in [-0.2, -0.15) is 0 Å². The van der Waals surface area contributed by atoms with Crippen molar-refractivity contribution < 1.29 is 21.6 Å². The summed E-state index contributed by atoms with van der Waals surface area (Å²) in [5.74, 6) is -0.610. The van der Waals surface area contributed by atoms with Crippen LogP contribution in [0.2, 0.25) is 10.0 Å². The molecule has 4 aromatic carbocycles. The summed E-state index contributed by atoms with van der Waals surface area (Å²) in [5.41, 5.74) is 1.74. The smallest absolute Gasteiger partial charge is 0.261 e. The van der Waals surface area contributed by atoms with Crippen LogP contribution in [0.3, 0.4) is 0 Å². The summed E-state index contributed by atoms with van der Waals surface area (Å²) in [6.45, 7) is 1.85. The highest BCUT2D eigenvalue weighted by molar-refractivity contribution is 7.93. The number of hydrogen-bond donors (Lipinski definition) is 3. The van der Waals surface area contributed by atoms with Crippen molar-refractivity contribution in [1.29, 1.82) is 0 Å². The second kappa shape index (κ2) is 11.0. The Balaban J connectivity index is 1.48. The van der Waals surface area contributed by atoms with Crippen molar-refractivity contribution in [3.05, 3.63) is 112 Å². The highest BCUT2D eigenvalue weighted by Crippen LogP contribution is 2.25. The Morgan fingerprint density at radius 2 is 1.11 bits per heavy atom. The number of benzene rings is 4. The Morgan fingerprint density at radius 3 is 1.68 bits per heavy atom. The quantitative estimate of drug-likeness (QED) is 0.227. The SMILES string of the molecule is Cc1ccc(S(=O)(=O)Nc2ccc(Cl)c(C(=O)Nc3ccc(S(=O)(=O)Nc4ccc(Cl)cc4)cc3)c2)cc1. The number of nitrogens with one attached hydrogen (secondary N) is 3. The lowest BCUT2D eigenvalue weighted by atomic mass is 10.2. The highest BCUT2D eigenvalue weighted by Gasteiger charge is 2.18. The molecular weight excluding hydrogens is 569 g/mol. The molecule has 0 aliphatic rings. The molecule has 4 rings (SSSR count). The maximum atomic E-state index is 12.9. The molecule has 3 N–H and O–H groups in total. The summed E-state index contributed by atoms with van der Waals surface area (Å²) < 4.78 is 55.6. The lowest BCUT2D eigenvalue weighted by molar-refractivity contribution is 0.102. The van der Waals surface area contributed by atoms with Crippen LogP contribution >= 0.6 is 23.2 Å². The van der Waals surface area contributed by atoms with Crippen LogP contribution in [0, 0.1) is 6.92 Å². The first-order chi connectivity index (χ1) is 17.9. The summed E-state index contributed by atoms with van der Waals surface area (Å²) in [6, 6.07) is 22.2. The lowest BCUT2D eigenvalue weighted by Gasteiger charge is -2.12. The van der Waals surface area contributed by atoms with Crippen molar-refractivity contribution >= 4 is 66.2 Å². The third-order valence-corrected chi connectivity index (χ3v) is 8.69. The second-order valence-corrected chi connectivity index (χ2v) is 12.4. The van der Waals surface area contributed by atoms with E-state index in [1.165, 1.54) is 66.7 Å². The zero-order valence-corrected chi connectivity index (χ0v) is 22.9. The summed E-state index contributed by atoms with van der Waals surface area (Å²) in [7, 11) is -7.75. The summed E-state index contributed by atoms with van der Waals surface area (Å²) in [6.07, 6.45) is 0. The van der Waals surface area contributed by atoms with Gasteiger partial charge in [0.05, 0.1) is 20.4 Å². The van der Waals surface area contributed by atoms with Crippen molar-refractivity contribution in [2.45, 2.75) is 16.7 Å². The van der Waals surface area contributed by atoms with Gasteiger partial charge in [-0.15, -0.1) is 0 Å². The lowest BCUT2D eigenvalue weighted by Crippen LogP contribution is -2.16. The predicted octanol–water partition coefficient (Wildman–Crippen LogP) is 6.16. The highest BCUT2D eigenvalue weighted by atomic mass is 35.5. The van der Waals surface area contributed by atoms with Gasteiger partial charge in [0.25, 0.3) is 26.0 Å². The van der Waals surface area contributed by atoms with Crippen LogP contribution in [0.25, 0.3) is 0 Å². The van der Waals surface area contributed by atoms with E-state index in [1.807, 2.05) is 6.92 Å². The molecule has 0 aliphatic heterocycles. The van der Waals surface area contributed by atoms with Crippen LogP contribution in [0.1, 0.15) is 15.9 Å². The maximum Gasteiger partial charge on any atom is 0.261 e. The zero-order valence-electron chi connectivity index (χ0n) is 19.8. The Morgan fingerprint density at radius 1 is 0.632 bits per heavy atom. The number of carbonyl (C=O) groups is 1. The van der Waals surface area contributed by atoms with Crippen LogP contribution in [-0.2, 0) is 20.0 Å². The van der Waals surface area contributed by atoms with Gasteiger partial charge >= 0.3 is 0 Å². The Bertz CT molecular complexity index is 1690. The van der Waals surface area contributed by atoms with Gasteiger partial charge in [0.1, 0.15) is 0 Å². The number of amides is 1. The van der Waals surface area contributed by atoms with Gasteiger partial charge in [0.15, 0.2) is 0 Å². The maximum absolute atomic E-state index is 12.9. The number of aryl methyl sites for hydroxylation is 1. The van der Waals surface area contributed by atoms with E-state index in [9.17, 15) is 21.6 Å². The largest absolute Gasteiger partial charge is 0.322 e. The first-order valence-corrected chi connectivity index (χ1v) is 14.7. The van der Waals surface area contributed by atoms with E-state index < -0.39 is 26.0 Å². The van der Waals surface area contributed by atoms with E-state index in [4.69, 9.17) is 23.2 Å². The molecule has 12 heteroatoms. The van der Waals surface area contributed by atoms with Crippen LogP contribution in [0.4, 0.5) is 17.1 Å². The fourth-order valence-electron chi connectivity index (χ4n) is 3.34. The molecule has 0 aliphatic carbocycles. The molecule has 0 radical (unpaired) electrons. The van der Waals surface area contributed by atoms with E-state index in [-0.39, 0.29) is 26.1 Å². The van der Waals surface area contributed by atoms with E-state index in [1.54, 1.807) is 24.3 Å². The number of halogens is 2. The molecule has 196 valence electrons. The molecule has 38 heavy (non-hydrogen) atoms. The molecule has 0 atom stereocenters. The van der Waals surface area contributed by atoms with Crippen molar-refractivity contribution in [2.24, 2.45) is 0 Å². The van der Waals surface area contributed by atoms with Crippen LogP contribution in [-0.4, -0.2) is 22.7 Å². The molecule has 0 fully saturated rings. The van der Waals surface area contributed by atoms with E-state index >= 15 is 0 Å². The standard InChI is InChI=1S/C26H21Cl2N3O5S2/c1-17-2-11-22(12-3-17)38(35,36)31-21-10-15-25(28)24(16-21)26(32)29-19-8-13-23(14-9-19)37(33,34)30-20-6-4-18(27)5-7-20/h2-16,30-31H,1H3,(H,29,32). The Kier molecular flexibility index (Phi) is 7.98. The average molecular weight is 591 g/mol. The van der Waals surface area contributed by atoms with Gasteiger partial charge in [0, 0.05) is 22.1 Å². The van der Waals surface area contributed by atoms with E-state index in [2.05, 4.69) is 14.8 Å². The second-order valence-electron chi connectivity index (χ2n) is 8.20. The Labute approximate surface area is 230 Å².